The molecule has 25 heteroatoms. The number of nitrogens with one attached hydrogen (secondary N) is 5. The van der Waals surface area contributed by atoms with E-state index in [2.05, 4.69) is 81.2 Å². The number of aliphatic hydroxyl groups excluding tert-OH is 1. The monoisotopic (exact) mass is 1530 g/mol. The largest absolute Gasteiger partial charge is 0.455 e. The summed E-state index contributed by atoms with van der Waals surface area (Å²) in [6.07, 6.45) is 20.6. The van der Waals surface area contributed by atoms with Crippen LogP contribution < -0.4 is 30.3 Å². The zero-order valence-electron chi connectivity index (χ0n) is 63.8. The first kappa shape index (κ1) is 79.7. The molecule has 6 N–H and O–H groups in total. The second-order valence-corrected chi connectivity index (χ2v) is 35.4. The second kappa shape index (κ2) is 36.4. The maximum Gasteiger partial charge on any atom is 0.293 e. The molecule has 0 radical (unpaired) electrons. The number of aromatic nitrogens is 3. The van der Waals surface area contributed by atoms with Gasteiger partial charge in [-0.25, -0.2) is 23.1 Å². The number of carbonyl (C=O) groups is 3. The molecule has 3 aromatic heterocycles. The number of carbonyl (C=O) groups excluding carboxylic acids is 3. The van der Waals surface area contributed by atoms with Gasteiger partial charge in [0, 0.05) is 125 Å². The lowest BCUT2D eigenvalue weighted by molar-refractivity contribution is -0.384. The van der Waals surface area contributed by atoms with E-state index in [0.29, 0.717) is 56.1 Å². The Bertz CT molecular complexity index is 4370. The number of sulfonamides is 1. The lowest BCUT2D eigenvalue weighted by Gasteiger charge is -2.42. The highest BCUT2D eigenvalue weighted by molar-refractivity contribution is 7.90. The van der Waals surface area contributed by atoms with Crippen LogP contribution in [0, 0.1) is 33.8 Å². The number of aromatic amines is 1. The highest BCUT2D eigenvalue weighted by Gasteiger charge is 2.44. The highest BCUT2D eigenvalue weighted by atomic mass is 35.5. The fraction of sp³-hybridized carbons (Fsp3) is 0.530. The molecule has 3 saturated heterocycles. The van der Waals surface area contributed by atoms with Gasteiger partial charge in [0.05, 0.1) is 49.8 Å². The summed E-state index contributed by atoms with van der Waals surface area (Å²) >= 11 is 7.90. The molecule has 580 valence electrons. The summed E-state index contributed by atoms with van der Waals surface area (Å²) < 4.78 is 36.8. The number of hydrogen-bond acceptors (Lipinski definition) is 18. The molecule has 7 aromatic rings. The number of rotatable bonds is 32. The first-order valence-electron chi connectivity index (χ1n) is 39.1. The Balaban J connectivity index is 0.533. The highest BCUT2D eigenvalue weighted by Crippen LogP contribution is 2.44. The zero-order valence-corrected chi connectivity index (χ0v) is 66.2. The van der Waals surface area contributed by atoms with E-state index in [1.54, 1.807) is 46.7 Å². The number of fused-ring (bicyclic) bond motifs is 1. The minimum Gasteiger partial charge on any atom is -0.455 e. The van der Waals surface area contributed by atoms with Crippen LogP contribution in [-0.2, 0) is 26.2 Å². The number of anilines is 2. The topological polar surface area (TPSA) is 264 Å². The number of aliphatic hydroxyl groups is 1. The third-order valence-electron chi connectivity index (χ3n) is 22.8. The van der Waals surface area contributed by atoms with Crippen molar-refractivity contribution in [1.29, 1.82) is 0 Å². The Kier molecular flexibility index (Phi) is 26.8. The lowest BCUT2D eigenvalue weighted by Crippen LogP contribution is -2.56. The predicted octanol–water partition coefficient (Wildman–Crippen LogP) is 14.6. The Morgan fingerprint density at radius 2 is 1.52 bits per heavy atom. The fourth-order valence-corrected chi connectivity index (χ4v) is 18.3. The summed E-state index contributed by atoms with van der Waals surface area (Å²) in [5.74, 6) is -0.558. The number of benzene rings is 4. The number of nitrogens with zero attached hydrogens (tertiary/aromatic N) is 8. The van der Waals surface area contributed by atoms with Gasteiger partial charge in [-0.15, -0.1) is 11.3 Å². The summed E-state index contributed by atoms with van der Waals surface area (Å²) in [5, 5.41) is 34.7. The van der Waals surface area contributed by atoms with Gasteiger partial charge in [0.1, 0.15) is 28.9 Å². The number of amides is 3. The predicted molar refractivity (Wildman–Crippen MR) is 430 cm³/mol. The number of hydrogen-bond donors (Lipinski definition) is 6. The molecule has 6 heterocycles. The van der Waals surface area contributed by atoms with Crippen molar-refractivity contribution in [2.75, 3.05) is 95.3 Å². The maximum absolute atomic E-state index is 14.3. The number of unbranched alkanes of at least 4 members (excludes halogenated alkanes) is 8. The van der Waals surface area contributed by atoms with Crippen molar-refractivity contribution in [1.82, 2.24) is 49.9 Å². The van der Waals surface area contributed by atoms with Gasteiger partial charge < -0.3 is 45.5 Å². The quantitative estimate of drug-likeness (QED) is 0.0130. The SMILES string of the molecule is Cc1ncsc1-c1ccc(CNC(=O)[C@@H]2C[C@@H](O)CN2C(=O)[C@@H](NCCCCCCCCCCCN2CCN(C3CCC(CNc4ccc(S(=O)(=O)NC(=O)c5ccc(N6CCN(CC7=C(c8ccc(Cl)cc8)CC(C)(C)CC7)CC6)cc5Oc5cnc6[nH]ccc6c5)cc4[N+](=O)[O-])CC3)CC2)C(C)(C)C)cc1. The van der Waals surface area contributed by atoms with Crippen molar-refractivity contribution in [3.05, 3.63) is 158 Å². The number of ether oxygens (including phenoxy) is 1. The minimum absolute atomic E-state index is 0.0369. The van der Waals surface area contributed by atoms with Gasteiger partial charge in [0.2, 0.25) is 11.8 Å². The van der Waals surface area contributed by atoms with Gasteiger partial charge in [-0.2, -0.15) is 0 Å². The van der Waals surface area contributed by atoms with E-state index in [0.717, 1.165) is 160 Å². The number of β-amino-alcohol motifs (C(OH)–C–C–N with tert-alkyl or cyclic N) is 1. The normalized spacial score (nSPS) is 20.1. The number of nitro groups is 1. The molecule has 22 nitrogen and oxygen atoms in total. The number of pyridine rings is 1. The number of thiazole rings is 1. The number of H-pyrrole nitrogens is 1. The summed E-state index contributed by atoms with van der Waals surface area (Å²) in [4.78, 5) is 78.2. The maximum atomic E-state index is 14.3. The fourth-order valence-electron chi connectivity index (χ4n) is 16.4. The Morgan fingerprint density at radius 3 is 2.21 bits per heavy atom. The van der Waals surface area contributed by atoms with Crippen molar-refractivity contribution < 1.29 is 37.6 Å². The van der Waals surface area contributed by atoms with Crippen LogP contribution in [-0.4, -0.2) is 180 Å². The van der Waals surface area contributed by atoms with Crippen molar-refractivity contribution in [3.8, 4) is 21.9 Å². The number of halogens is 1. The van der Waals surface area contributed by atoms with E-state index in [-0.39, 0.29) is 52.6 Å². The van der Waals surface area contributed by atoms with Crippen LogP contribution in [0.2, 0.25) is 5.02 Å². The van der Waals surface area contributed by atoms with Crippen molar-refractivity contribution in [2.24, 2.45) is 16.7 Å². The molecular formula is C83H110ClN13O9S2. The van der Waals surface area contributed by atoms with E-state index in [1.165, 1.54) is 73.6 Å². The lowest BCUT2D eigenvalue weighted by atomic mass is 9.72. The molecule has 3 amide bonds. The summed E-state index contributed by atoms with van der Waals surface area (Å²) in [7, 11) is -4.61. The van der Waals surface area contributed by atoms with E-state index < -0.39 is 49.6 Å². The van der Waals surface area contributed by atoms with Crippen LogP contribution in [0.1, 0.15) is 171 Å². The molecule has 5 aliphatic rings. The van der Waals surface area contributed by atoms with E-state index >= 15 is 0 Å². The standard InChI is InChI=1S/C83H110ClN13O9S2/c1-57-76(107-56-90-57)61-20-16-58(17-21-61)52-89-80(100)74-48-67(98)55-96(74)81(101)77(82(2,3)4)85-35-14-12-10-8-7-9-11-13-15-37-92-38-42-94(43-39-92)65-26-18-59(19-27-65)51-87-72-31-29-69(49-73(72)97(102)103)108(104,105)91-79(99)70-30-28-66(47-75(70)106-68-46-62-33-36-86-78(62)88-53-68)95-44-40-93(41-45-95)54-63-32-34-83(5,6)50-71(63)60-22-24-64(84)25-23-60/h16-17,20-25,28-31,33,36,46-47,49,53,56,59,65,67,74,77,85,87,98H,7-15,18-19,26-27,32,34-35,37-45,48,50-52,54-55H2,1-6H3,(H,86,88)(H,89,100)(H,91,99)/t59?,65?,67-,74+,77-/m1/s1. The molecular weight excluding hydrogens is 1420 g/mol. The molecule has 0 bridgehead atoms. The Morgan fingerprint density at radius 1 is 0.824 bits per heavy atom. The van der Waals surface area contributed by atoms with Crippen molar-refractivity contribution >= 4 is 84.4 Å². The van der Waals surface area contributed by atoms with Gasteiger partial charge in [-0.1, -0.05) is 133 Å². The second-order valence-electron chi connectivity index (χ2n) is 32.4. The average molecular weight is 1530 g/mol. The number of aryl methyl sites for hydroxylation is 1. The number of allylic oxidation sites excluding steroid dienone is 1. The third kappa shape index (κ3) is 21.0. The van der Waals surface area contributed by atoms with Crippen LogP contribution in [0.25, 0.3) is 27.0 Å². The van der Waals surface area contributed by atoms with Gasteiger partial charge in [0.25, 0.3) is 21.6 Å². The van der Waals surface area contributed by atoms with Crippen LogP contribution in [0.5, 0.6) is 11.5 Å². The molecule has 4 fully saturated rings. The number of nitro benzene ring substituents is 1. The van der Waals surface area contributed by atoms with Gasteiger partial charge in [-0.3, -0.25) is 34.3 Å². The number of piperazine rings is 2. The summed E-state index contributed by atoms with van der Waals surface area (Å²) in [6.45, 7) is 23.8. The molecule has 3 aliphatic heterocycles. The minimum atomic E-state index is -4.61. The molecule has 4 aromatic carbocycles. The molecule has 1 saturated carbocycles. The first-order chi connectivity index (χ1) is 51.9. The summed E-state index contributed by atoms with van der Waals surface area (Å²) in [5.41, 5.74) is 10.1. The Labute approximate surface area is 646 Å². The van der Waals surface area contributed by atoms with E-state index in [4.69, 9.17) is 16.3 Å². The van der Waals surface area contributed by atoms with Gasteiger partial charge >= 0.3 is 0 Å². The van der Waals surface area contributed by atoms with Crippen LogP contribution >= 0.6 is 22.9 Å². The van der Waals surface area contributed by atoms with Gasteiger partial charge in [-0.05, 0) is 165 Å². The molecule has 0 spiro atoms. The van der Waals surface area contributed by atoms with Crippen molar-refractivity contribution in [3.63, 3.8) is 0 Å². The summed E-state index contributed by atoms with van der Waals surface area (Å²) in [6, 6.07) is 28.1. The van der Waals surface area contributed by atoms with E-state index in [9.17, 15) is 38.0 Å². The van der Waals surface area contributed by atoms with Gasteiger partial charge in [0.15, 0.2) is 0 Å². The average Bonchev–Trinajstić information content (AvgIpc) is 1.78. The van der Waals surface area contributed by atoms with Crippen LogP contribution in [0.4, 0.5) is 17.1 Å². The van der Waals surface area contributed by atoms with Crippen molar-refractivity contribution in [2.45, 2.75) is 186 Å². The Hall–Kier alpha value is -7.81. The molecule has 108 heavy (non-hydrogen) atoms. The van der Waals surface area contributed by atoms with Crippen LogP contribution in [0.3, 0.4) is 0 Å². The van der Waals surface area contributed by atoms with Crippen LogP contribution in [0.15, 0.2) is 125 Å². The molecule has 12 rings (SSSR count). The first-order valence-corrected chi connectivity index (χ1v) is 41.9. The molecule has 3 atom stereocenters. The third-order valence-corrected chi connectivity index (χ3v) is 25.3. The number of likely N-dealkylation sites (tertiary alicyclic amines) is 1. The smallest absolute Gasteiger partial charge is 0.293 e. The zero-order chi connectivity index (χ0) is 76.1. The molecule has 0 unspecified atom stereocenters. The molecule has 2 aliphatic carbocycles. The van der Waals surface area contributed by atoms with E-state index in [1.807, 2.05) is 75.7 Å².